The summed E-state index contributed by atoms with van der Waals surface area (Å²) in [6.45, 7) is 4.15. The van der Waals surface area contributed by atoms with Crippen LogP contribution in [0.4, 0.5) is 0 Å². The lowest BCUT2D eigenvalue weighted by atomic mass is 9.75. The van der Waals surface area contributed by atoms with E-state index in [0.717, 1.165) is 18.9 Å². The van der Waals surface area contributed by atoms with Crippen molar-refractivity contribution < 1.29 is 9.47 Å². The van der Waals surface area contributed by atoms with Gasteiger partial charge in [0, 0.05) is 12.0 Å². The summed E-state index contributed by atoms with van der Waals surface area (Å²) in [5.41, 5.74) is 2.79. The Morgan fingerprint density at radius 2 is 2.13 bits per heavy atom. The zero-order valence-electron chi connectivity index (χ0n) is 14.6. The smallest absolute Gasteiger partial charge is 0.119 e. The van der Waals surface area contributed by atoms with Crippen molar-refractivity contribution in [3.05, 3.63) is 29.3 Å². The van der Waals surface area contributed by atoms with Crippen LogP contribution in [-0.2, 0) is 11.3 Å². The van der Waals surface area contributed by atoms with Gasteiger partial charge in [0.15, 0.2) is 0 Å². The van der Waals surface area contributed by atoms with Crippen LogP contribution in [0.3, 0.4) is 0 Å². The van der Waals surface area contributed by atoms with Gasteiger partial charge < -0.3 is 14.8 Å². The second-order valence-electron chi connectivity index (χ2n) is 6.99. The lowest BCUT2D eigenvalue weighted by molar-refractivity contribution is -0.0218. The second-order valence-corrected chi connectivity index (χ2v) is 6.99. The van der Waals surface area contributed by atoms with Gasteiger partial charge in [-0.1, -0.05) is 32.3 Å². The average molecular weight is 317 g/mol. The van der Waals surface area contributed by atoms with Crippen molar-refractivity contribution in [3.63, 3.8) is 0 Å². The average Bonchev–Trinajstić information content (AvgIpc) is 2.60. The van der Waals surface area contributed by atoms with Gasteiger partial charge in [0.1, 0.15) is 5.75 Å². The van der Waals surface area contributed by atoms with E-state index in [1.165, 1.54) is 56.1 Å². The van der Waals surface area contributed by atoms with Gasteiger partial charge in [-0.15, -0.1) is 0 Å². The summed E-state index contributed by atoms with van der Waals surface area (Å²) >= 11 is 0. The molecule has 3 nitrogen and oxygen atoms in total. The molecule has 0 amide bonds. The zero-order valence-corrected chi connectivity index (χ0v) is 14.6. The Hall–Kier alpha value is -1.06. The van der Waals surface area contributed by atoms with E-state index in [1.54, 1.807) is 7.11 Å². The highest BCUT2D eigenvalue weighted by molar-refractivity contribution is 5.40. The van der Waals surface area contributed by atoms with E-state index in [2.05, 4.69) is 30.4 Å². The molecule has 1 N–H and O–H groups in total. The summed E-state index contributed by atoms with van der Waals surface area (Å²) < 4.78 is 11.6. The molecule has 0 saturated heterocycles. The standard InChI is InChI=1S/C20H31NO2/c1-3-4-5-6-12-21-18-8-7-9-19-20(18)17-13-16(22-2)11-10-15(17)14-23-19/h10-11,13,18-21H,3-9,12,14H2,1-2H3/t18-,19-,20+/m1/s1. The largest absolute Gasteiger partial charge is 0.497 e. The summed E-state index contributed by atoms with van der Waals surface area (Å²) in [5.74, 6) is 1.45. The highest BCUT2D eigenvalue weighted by Crippen LogP contribution is 2.42. The first kappa shape index (κ1) is 16.8. The Labute approximate surface area is 140 Å². The SMILES string of the molecule is CCCCCCN[C@@H]1CCC[C@H]2OCc3ccc(OC)cc3[C@@H]12. The minimum absolute atomic E-state index is 0.372. The normalized spacial score (nSPS) is 26.4. The second kappa shape index (κ2) is 8.16. The minimum Gasteiger partial charge on any atom is -0.497 e. The van der Waals surface area contributed by atoms with E-state index < -0.39 is 0 Å². The van der Waals surface area contributed by atoms with Crippen LogP contribution in [0.2, 0.25) is 0 Å². The Balaban J connectivity index is 1.71. The summed E-state index contributed by atoms with van der Waals surface area (Å²) in [7, 11) is 1.75. The first-order valence-electron chi connectivity index (χ1n) is 9.35. The van der Waals surface area contributed by atoms with Crippen LogP contribution in [0.25, 0.3) is 0 Å². The topological polar surface area (TPSA) is 30.5 Å². The maximum absolute atomic E-state index is 6.18. The monoisotopic (exact) mass is 317 g/mol. The Morgan fingerprint density at radius 3 is 2.96 bits per heavy atom. The number of hydrogen-bond donors (Lipinski definition) is 1. The third-order valence-corrected chi connectivity index (χ3v) is 5.44. The van der Waals surface area contributed by atoms with Gasteiger partial charge in [0.2, 0.25) is 0 Å². The van der Waals surface area contributed by atoms with E-state index in [1.807, 2.05) is 0 Å². The van der Waals surface area contributed by atoms with E-state index in [4.69, 9.17) is 9.47 Å². The molecule has 1 fully saturated rings. The van der Waals surface area contributed by atoms with Crippen molar-refractivity contribution in [2.75, 3.05) is 13.7 Å². The maximum atomic E-state index is 6.18. The third-order valence-electron chi connectivity index (χ3n) is 5.44. The number of nitrogens with one attached hydrogen (secondary N) is 1. The molecule has 2 aliphatic rings. The van der Waals surface area contributed by atoms with Crippen molar-refractivity contribution in [2.45, 2.75) is 76.5 Å². The fourth-order valence-electron chi connectivity index (χ4n) is 4.17. The molecule has 128 valence electrons. The highest BCUT2D eigenvalue weighted by Gasteiger charge is 2.38. The molecule has 23 heavy (non-hydrogen) atoms. The van der Waals surface area contributed by atoms with Gasteiger partial charge in [-0.05, 0) is 55.5 Å². The lowest BCUT2D eigenvalue weighted by Crippen LogP contribution is -2.46. The van der Waals surface area contributed by atoms with Gasteiger partial charge in [-0.2, -0.15) is 0 Å². The maximum Gasteiger partial charge on any atom is 0.119 e. The molecule has 1 heterocycles. The third kappa shape index (κ3) is 3.89. The Bertz CT molecular complexity index is 502. The van der Waals surface area contributed by atoms with Crippen LogP contribution in [-0.4, -0.2) is 25.8 Å². The van der Waals surface area contributed by atoms with Crippen LogP contribution in [0.15, 0.2) is 18.2 Å². The number of ether oxygens (including phenoxy) is 2. The van der Waals surface area contributed by atoms with E-state index in [-0.39, 0.29) is 0 Å². The molecule has 1 aromatic rings. The summed E-state index contributed by atoms with van der Waals surface area (Å²) in [6.07, 6.45) is 9.36. The van der Waals surface area contributed by atoms with Gasteiger partial charge in [-0.3, -0.25) is 0 Å². The molecule has 3 atom stereocenters. The minimum atomic E-state index is 0.372. The molecular formula is C20H31NO2. The number of hydrogen-bond acceptors (Lipinski definition) is 3. The number of methoxy groups -OCH3 is 1. The van der Waals surface area contributed by atoms with Crippen LogP contribution < -0.4 is 10.1 Å². The van der Waals surface area contributed by atoms with Crippen LogP contribution in [0, 0.1) is 0 Å². The van der Waals surface area contributed by atoms with E-state index in [0.29, 0.717) is 18.1 Å². The van der Waals surface area contributed by atoms with Crippen molar-refractivity contribution in [3.8, 4) is 5.75 Å². The van der Waals surface area contributed by atoms with Gasteiger partial charge in [-0.25, -0.2) is 0 Å². The number of fused-ring (bicyclic) bond motifs is 3. The molecule has 0 spiro atoms. The number of benzene rings is 1. The molecule has 0 bridgehead atoms. The molecule has 3 heteroatoms. The molecule has 1 aliphatic carbocycles. The van der Waals surface area contributed by atoms with Gasteiger partial charge in [0.05, 0.1) is 19.8 Å². The molecule has 1 aromatic carbocycles. The molecule has 3 rings (SSSR count). The summed E-state index contributed by atoms with van der Waals surface area (Å²) in [4.78, 5) is 0. The molecular weight excluding hydrogens is 286 g/mol. The predicted octanol–water partition coefficient (Wildman–Crippen LogP) is 4.40. The van der Waals surface area contributed by atoms with Crippen molar-refractivity contribution in [1.29, 1.82) is 0 Å². The van der Waals surface area contributed by atoms with Crippen LogP contribution >= 0.6 is 0 Å². The first-order chi connectivity index (χ1) is 11.3. The van der Waals surface area contributed by atoms with Crippen LogP contribution in [0.5, 0.6) is 5.75 Å². The zero-order chi connectivity index (χ0) is 16.1. The quantitative estimate of drug-likeness (QED) is 0.756. The predicted molar refractivity (Wildman–Crippen MR) is 94.1 cm³/mol. The van der Waals surface area contributed by atoms with Crippen molar-refractivity contribution in [2.24, 2.45) is 0 Å². The van der Waals surface area contributed by atoms with Crippen LogP contribution in [0.1, 0.15) is 68.9 Å². The van der Waals surface area contributed by atoms with Gasteiger partial charge in [0.25, 0.3) is 0 Å². The number of unbranched alkanes of at least 4 members (excludes halogenated alkanes) is 3. The van der Waals surface area contributed by atoms with E-state index >= 15 is 0 Å². The van der Waals surface area contributed by atoms with Crippen molar-refractivity contribution >= 4 is 0 Å². The van der Waals surface area contributed by atoms with Gasteiger partial charge >= 0.3 is 0 Å². The van der Waals surface area contributed by atoms with Crippen molar-refractivity contribution in [1.82, 2.24) is 5.32 Å². The fraction of sp³-hybridized carbons (Fsp3) is 0.700. The molecule has 0 aromatic heterocycles. The molecule has 0 radical (unpaired) electrons. The number of rotatable bonds is 7. The summed E-state index contributed by atoms with van der Waals surface area (Å²) in [5, 5.41) is 3.84. The first-order valence-corrected chi connectivity index (χ1v) is 9.35. The fourth-order valence-corrected chi connectivity index (χ4v) is 4.17. The Kier molecular flexibility index (Phi) is 5.96. The molecule has 1 saturated carbocycles. The molecule has 0 unspecified atom stereocenters. The highest BCUT2D eigenvalue weighted by atomic mass is 16.5. The Morgan fingerprint density at radius 1 is 1.22 bits per heavy atom. The molecule has 1 aliphatic heterocycles. The lowest BCUT2D eigenvalue weighted by Gasteiger charge is -2.42. The summed E-state index contributed by atoms with van der Waals surface area (Å²) in [6, 6.07) is 7.02. The van der Waals surface area contributed by atoms with E-state index in [9.17, 15) is 0 Å².